The molecule has 0 saturated carbocycles. The van der Waals surface area contributed by atoms with E-state index in [-0.39, 0.29) is 26.2 Å². The zero-order chi connectivity index (χ0) is 21.1. The predicted octanol–water partition coefficient (Wildman–Crippen LogP) is 2.50. The molecule has 7 heteroatoms. The van der Waals surface area contributed by atoms with Crippen molar-refractivity contribution in [1.82, 2.24) is 5.32 Å². The molecule has 0 aliphatic heterocycles. The first kappa shape index (κ1) is 22.1. The highest BCUT2D eigenvalue weighted by molar-refractivity contribution is 6.10. The van der Waals surface area contributed by atoms with E-state index in [0.29, 0.717) is 5.56 Å². The smallest absolute Gasteiger partial charge is 0.344 e. The number of benzene rings is 2. The summed E-state index contributed by atoms with van der Waals surface area (Å²) in [5.74, 6) is -2.34. The van der Waals surface area contributed by atoms with E-state index in [1.807, 2.05) is 18.2 Å². The average Bonchev–Trinajstić information content (AvgIpc) is 2.77. The molecular weight excluding hydrogens is 374 g/mol. The molecule has 0 unspecified atom stereocenters. The molecule has 0 bridgehead atoms. The van der Waals surface area contributed by atoms with E-state index in [2.05, 4.69) is 5.32 Å². The third-order valence-electron chi connectivity index (χ3n) is 4.32. The molecule has 0 aliphatic rings. The van der Waals surface area contributed by atoms with Crippen molar-refractivity contribution in [2.75, 3.05) is 20.3 Å². The van der Waals surface area contributed by atoms with Crippen LogP contribution in [-0.4, -0.2) is 43.7 Å². The molecule has 2 aromatic rings. The summed E-state index contributed by atoms with van der Waals surface area (Å²) < 4.78 is 15.4. The van der Waals surface area contributed by atoms with Gasteiger partial charge in [-0.25, -0.2) is 9.59 Å². The van der Waals surface area contributed by atoms with Crippen molar-refractivity contribution in [2.24, 2.45) is 0 Å². The molecule has 0 radical (unpaired) electrons. The highest BCUT2D eigenvalue weighted by Gasteiger charge is 2.49. The Morgan fingerprint density at radius 3 is 2.03 bits per heavy atom. The van der Waals surface area contributed by atoms with Gasteiger partial charge in [0.15, 0.2) is 0 Å². The Kier molecular flexibility index (Phi) is 8.36. The number of hydrogen-bond donors (Lipinski definition) is 1. The first-order valence-corrected chi connectivity index (χ1v) is 9.28. The molecule has 0 fully saturated rings. The van der Waals surface area contributed by atoms with Crippen LogP contribution in [-0.2, 0) is 30.4 Å². The number of amides is 1. The quantitative estimate of drug-likeness (QED) is 0.375. The van der Waals surface area contributed by atoms with Crippen LogP contribution in [0.4, 0.5) is 0 Å². The Morgan fingerprint density at radius 1 is 0.862 bits per heavy atom. The van der Waals surface area contributed by atoms with Crippen LogP contribution < -0.4 is 5.32 Å². The fourth-order valence-electron chi connectivity index (χ4n) is 2.61. The molecule has 29 heavy (non-hydrogen) atoms. The molecule has 0 aliphatic carbocycles. The van der Waals surface area contributed by atoms with E-state index < -0.39 is 23.4 Å². The summed E-state index contributed by atoms with van der Waals surface area (Å²) in [6.45, 7) is 1.68. The number of methoxy groups -OCH3 is 1. The second-order valence-electron chi connectivity index (χ2n) is 6.27. The van der Waals surface area contributed by atoms with Gasteiger partial charge in [-0.2, -0.15) is 0 Å². The fourth-order valence-corrected chi connectivity index (χ4v) is 2.61. The number of esters is 2. The normalized spacial score (nSPS) is 12.5. The number of hydrogen-bond acceptors (Lipinski definition) is 6. The first-order chi connectivity index (χ1) is 14.0. The van der Waals surface area contributed by atoms with E-state index >= 15 is 0 Å². The Hall–Kier alpha value is -3.19. The molecule has 0 heterocycles. The summed E-state index contributed by atoms with van der Waals surface area (Å²) in [5.41, 5.74) is -0.894. The molecule has 1 amide bonds. The standard InChI is InChI=1S/C22H25NO6/c1-3-22(20(25)28-15-14-27-2,23-19(24)18-12-8-5-9-13-18)21(26)29-16-17-10-6-4-7-11-17/h4-13H,3,14-16H2,1-2H3,(H,23,24)/t22-/m1/s1. The van der Waals surface area contributed by atoms with Crippen LogP contribution in [0.1, 0.15) is 29.3 Å². The third-order valence-corrected chi connectivity index (χ3v) is 4.32. The van der Waals surface area contributed by atoms with Crippen LogP contribution in [0.3, 0.4) is 0 Å². The van der Waals surface area contributed by atoms with Gasteiger partial charge in [-0.15, -0.1) is 0 Å². The monoisotopic (exact) mass is 399 g/mol. The maximum absolute atomic E-state index is 12.9. The lowest BCUT2D eigenvalue weighted by Crippen LogP contribution is -2.61. The molecule has 7 nitrogen and oxygen atoms in total. The molecular formula is C22H25NO6. The maximum atomic E-state index is 12.9. The van der Waals surface area contributed by atoms with Crippen LogP contribution in [0.5, 0.6) is 0 Å². The minimum absolute atomic E-state index is 0.0337. The van der Waals surface area contributed by atoms with E-state index in [4.69, 9.17) is 14.2 Å². The summed E-state index contributed by atoms with van der Waals surface area (Å²) in [4.78, 5) is 38.4. The fraction of sp³-hybridized carbons (Fsp3) is 0.318. The largest absolute Gasteiger partial charge is 0.461 e. The third kappa shape index (κ3) is 5.89. The summed E-state index contributed by atoms with van der Waals surface area (Å²) >= 11 is 0. The van der Waals surface area contributed by atoms with Crippen LogP contribution in [0, 0.1) is 0 Å². The Bertz CT molecular complexity index is 809. The average molecular weight is 399 g/mol. The molecule has 0 aromatic heterocycles. The zero-order valence-electron chi connectivity index (χ0n) is 16.6. The number of carbonyl (C=O) groups excluding carboxylic acids is 3. The van der Waals surface area contributed by atoms with Gasteiger partial charge in [-0.3, -0.25) is 4.79 Å². The molecule has 1 N–H and O–H groups in total. The topological polar surface area (TPSA) is 90.9 Å². The maximum Gasteiger partial charge on any atom is 0.344 e. The highest BCUT2D eigenvalue weighted by Crippen LogP contribution is 2.18. The second-order valence-corrected chi connectivity index (χ2v) is 6.27. The van der Waals surface area contributed by atoms with Gasteiger partial charge in [0, 0.05) is 12.7 Å². The Labute approximate surface area is 170 Å². The number of nitrogens with one attached hydrogen (secondary N) is 1. The molecule has 0 spiro atoms. The van der Waals surface area contributed by atoms with Crippen molar-refractivity contribution >= 4 is 17.8 Å². The van der Waals surface area contributed by atoms with Crippen LogP contribution in [0.25, 0.3) is 0 Å². The Balaban J connectivity index is 2.23. The highest BCUT2D eigenvalue weighted by atomic mass is 16.6. The van der Waals surface area contributed by atoms with Gasteiger partial charge in [-0.1, -0.05) is 55.5 Å². The van der Waals surface area contributed by atoms with Gasteiger partial charge >= 0.3 is 11.9 Å². The van der Waals surface area contributed by atoms with Gasteiger partial charge < -0.3 is 19.5 Å². The number of carbonyl (C=O) groups is 3. The summed E-state index contributed by atoms with van der Waals surface area (Å²) in [6, 6.07) is 17.4. The number of rotatable bonds is 10. The van der Waals surface area contributed by atoms with Crippen LogP contribution in [0.2, 0.25) is 0 Å². The van der Waals surface area contributed by atoms with Crippen molar-refractivity contribution < 1.29 is 28.6 Å². The molecule has 154 valence electrons. The van der Waals surface area contributed by atoms with Crippen LogP contribution >= 0.6 is 0 Å². The van der Waals surface area contributed by atoms with Gasteiger partial charge in [0.1, 0.15) is 13.2 Å². The van der Waals surface area contributed by atoms with Gasteiger partial charge in [0.25, 0.3) is 5.91 Å². The van der Waals surface area contributed by atoms with E-state index in [0.717, 1.165) is 5.56 Å². The second kappa shape index (κ2) is 11.0. The van der Waals surface area contributed by atoms with Crippen molar-refractivity contribution in [1.29, 1.82) is 0 Å². The lowest BCUT2D eigenvalue weighted by molar-refractivity contribution is -0.168. The summed E-state index contributed by atoms with van der Waals surface area (Å²) in [6.07, 6.45) is -0.0367. The van der Waals surface area contributed by atoms with Gasteiger partial charge in [0.2, 0.25) is 5.54 Å². The minimum Gasteiger partial charge on any atom is -0.461 e. The molecule has 0 saturated heterocycles. The van der Waals surface area contributed by atoms with Crippen LogP contribution in [0.15, 0.2) is 60.7 Å². The molecule has 1 atom stereocenters. The van der Waals surface area contributed by atoms with Crippen molar-refractivity contribution in [2.45, 2.75) is 25.5 Å². The van der Waals surface area contributed by atoms with E-state index in [9.17, 15) is 14.4 Å². The van der Waals surface area contributed by atoms with Crippen molar-refractivity contribution in [3.8, 4) is 0 Å². The summed E-state index contributed by atoms with van der Waals surface area (Å²) in [5, 5.41) is 2.53. The lowest BCUT2D eigenvalue weighted by atomic mass is 9.95. The van der Waals surface area contributed by atoms with E-state index in [1.54, 1.807) is 49.4 Å². The van der Waals surface area contributed by atoms with Gasteiger partial charge in [-0.05, 0) is 24.1 Å². The van der Waals surface area contributed by atoms with Gasteiger partial charge in [0.05, 0.1) is 6.61 Å². The summed E-state index contributed by atoms with van der Waals surface area (Å²) in [7, 11) is 1.46. The number of ether oxygens (including phenoxy) is 3. The zero-order valence-corrected chi connectivity index (χ0v) is 16.6. The lowest BCUT2D eigenvalue weighted by Gasteiger charge is -2.29. The molecule has 2 rings (SSSR count). The van der Waals surface area contributed by atoms with Crippen molar-refractivity contribution in [3.05, 3.63) is 71.8 Å². The Morgan fingerprint density at radius 2 is 1.45 bits per heavy atom. The SMILES string of the molecule is CC[C@@](NC(=O)c1ccccc1)(C(=O)OCCOC)C(=O)OCc1ccccc1. The molecule has 2 aromatic carbocycles. The first-order valence-electron chi connectivity index (χ1n) is 9.28. The predicted molar refractivity (Wildman–Crippen MR) is 106 cm³/mol. The van der Waals surface area contributed by atoms with E-state index in [1.165, 1.54) is 7.11 Å². The minimum atomic E-state index is -1.96. The van der Waals surface area contributed by atoms with Crippen molar-refractivity contribution in [3.63, 3.8) is 0 Å².